The topological polar surface area (TPSA) is 59.1 Å². The van der Waals surface area contributed by atoms with E-state index < -0.39 is 0 Å². The van der Waals surface area contributed by atoms with Crippen LogP contribution in [0.4, 0.5) is 4.79 Å². The fourth-order valence-corrected chi connectivity index (χ4v) is 3.78. The second kappa shape index (κ2) is 6.56. The van der Waals surface area contributed by atoms with E-state index in [9.17, 15) is 9.59 Å². The van der Waals surface area contributed by atoms with Gasteiger partial charge in [-0.2, -0.15) is 0 Å². The highest BCUT2D eigenvalue weighted by atomic mass is 32.1. The SMILES string of the molecule is CCOc1ccsc1C(=O)N1CCC(N2CCOC2=O)CC1. The molecule has 0 radical (unpaired) electrons. The molecule has 0 aromatic carbocycles. The summed E-state index contributed by atoms with van der Waals surface area (Å²) in [5.74, 6) is 0.698. The van der Waals surface area contributed by atoms with Gasteiger partial charge in [-0.25, -0.2) is 4.79 Å². The number of cyclic esters (lactones) is 1. The van der Waals surface area contributed by atoms with Gasteiger partial charge in [-0.05, 0) is 31.2 Å². The van der Waals surface area contributed by atoms with Crippen LogP contribution in [0.25, 0.3) is 0 Å². The second-order valence-corrected chi connectivity index (χ2v) is 6.29. The van der Waals surface area contributed by atoms with Crippen LogP contribution in [0.2, 0.25) is 0 Å². The van der Waals surface area contributed by atoms with Gasteiger partial charge in [0.1, 0.15) is 17.2 Å². The highest BCUT2D eigenvalue weighted by Gasteiger charge is 2.34. The minimum atomic E-state index is -0.221. The highest BCUT2D eigenvalue weighted by Crippen LogP contribution is 2.28. The van der Waals surface area contributed by atoms with Crippen molar-refractivity contribution in [3.05, 3.63) is 16.3 Å². The van der Waals surface area contributed by atoms with E-state index >= 15 is 0 Å². The number of carbonyl (C=O) groups is 2. The van der Waals surface area contributed by atoms with Crippen molar-refractivity contribution in [2.75, 3.05) is 32.8 Å². The van der Waals surface area contributed by atoms with Crippen LogP contribution in [0.3, 0.4) is 0 Å². The summed E-state index contributed by atoms with van der Waals surface area (Å²) in [5.41, 5.74) is 0. The van der Waals surface area contributed by atoms with E-state index in [4.69, 9.17) is 9.47 Å². The molecule has 2 saturated heterocycles. The summed E-state index contributed by atoms with van der Waals surface area (Å²) in [6.07, 6.45) is 1.38. The molecule has 2 aliphatic rings. The molecule has 2 aliphatic heterocycles. The first-order chi connectivity index (χ1) is 10.7. The predicted octanol–water partition coefficient (Wildman–Crippen LogP) is 2.20. The third kappa shape index (κ3) is 2.90. The largest absolute Gasteiger partial charge is 0.492 e. The molecule has 0 bridgehead atoms. The van der Waals surface area contributed by atoms with E-state index in [0.29, 0.717) is 43.5 Å². The van der Waals surface area contributed by atoms with Crippen molar-refractivity contribution in [3.8, 4) is 5.75 Å². The first-order valence-corrected chi connectivity index (χ1v) is 8.51. The normalized spacial score (nSPS) is 19.4. The van der Waals surface area contributed by atoms with E-state index in [0.717, 1.165) is 12.8 Å². The summed E-state index contributed by atoms with van der Waals surface area (Å²) < 4.78 is 10.5. The van der Waals surface area contributed by atoms with Gasteiger partial charge in [-0.1, -0.05) is 0 Å². The fraction of sp³-hybridized carbons (Fsp3) is 0.600. The lowest BCUT2D eigenvalue weighted by molar-refractivity contribution is 0.0660. The Morgan fingerprint density at radius 2 is 2.18 bits per heavy atom. The summed E-state index contributed by atoms with van der Waals surface area (Å²) in [6, 6.07) is 2.03. The van der Waals surface area contributed by atoms with Gasteiger partial charge in [0.05, 0.1) is 13.2 Å². The third-order valence-corrected chi connectivity index (χ3v) is 4.99. The van der Waals surface area contributed by atoms with E-state index in [2.05, 4.69) is 0 Å². The fourth-order valence-electron chi connectivity index (χ4n) is 2.98. The predicted molar refractivity (Wildman–Crippen MR) is 82.5 cm³/mol. The molecule has 0 atom stereocenters. The smallest absolute Gasteiger partial charge is 0.410 e. The molecule has 0 unspecified atom stereocenters. The first-order valence-electron chi connectivity index (χ1n) is 7.63. The molecule has 3 rings (SSSR count). The molecule has 6 nitrogen and oxygen atoms in total. The van der Waals surface area contributed by atoms with Crippen molar-refractivity contribution in [3.63, 3.8) is 0 Å². The molecule has 2 fully saturated rings. The van der Waals surface area contributed by atoms with Gasteiger partial charge in [0, 0.05) is 19.1 Å². The van der Waals surface area contributed by atoms with Crippen LogP contribution in [-0.4, -0.2) is 60.7 Å². The molecule has 120 valence electrons. The molecule has 1 aromatic heterocycles. The Kier molecular flexibility index (Phi) is 4.52. The number of thiophene rings is 1. The lowest BCUT2D eigenvalue weighted by Crippen LogP contribution is -2.47. The summed E-state index contributed by atoms with van der Waals surface area (Å²) in [7, 11) is 0. The van der Waals surface area contributed by atoms with Crippen LogP contribution in [0.15, 0.2) is 11.4 Å². The number of piperidine rings is 1. The van der Waals surface area contributed by atoms with E-state index in [1.807, 2.05) is 23.3 Å². The molecule has 0 aliphatic carbocycles. The van der Waals surface area contributed by atoms with Gasteiger partial charge < -0.3 is 19.3 Å². The number of likely N-dealkylation sites (tertiary alicyclic amines) is 1. The van der Waals surface area contributed by atoms with Crippen molar-refractivity contribution >= 4 is 23.3 Å². The van der Waals surface area contributed by atoms with Crippen LogP contribution >= 0.6 is 11.3 Å². The van der Waals surface area contributed by atoms with Gasteiger partial charge in [0.2, 0.25) is 0 Å². The number of carbonyl (C=O) groups excluding carboxylic acids is 2. The number of ether oxygens (including phenoxy) is 2. The molecule has 7 heteroatoms. The lowest BCUT2D eigenvalue weighted by Gasteiger charge is -2.35. The lowest BCUT2D eigenvalue weighted by atomic mass is 10.0. The van der Waals surface area contributed by atoms with Crippen molar-refractivity contribution in [1.82, 2.24) is 9.80 Å². The molecule has 0 N–H and O–H groups in total. The standard InChI is InChI=1S/C15H20N2O4S/c1-2-20-12-5-10-22-13(12)14(18)16-6-3-11(4-7-16)17-8-9-21-15(17)19/h5,10-11H,2-4,6-9H2,1H3. The Labute approximate surface area is 133 Å². The quantitative estimate of drug-likeness (QED) is 0.852. The molecular weight excluding hydrogens is 304 g/mol. The van der Waals surface area contributed by atoms with Crippen LogP contribution in [-0.2, 0) is 4.74 Å². The van der Waals surface area contributed by atoms with Crippen molar-refractivity contribution in [1.29, 1.82) is 0 Å². The van der Waals surface area contributed by atoms with Crippen LogP contribution < -0.4 is 4.74 Å². The Balaban J connectivity index is 1.60. The van der Waals surface area contributed by atoms with Crippen LogP contribution in [0, 0.1) is 0 Å². The molecule has 3 heterocycles. The minimum Gasteiger partial charge on any atom is -0.492 e. The highest BCUT2D eigenvalue weighted by molar-refractivity contribution is 7.12. The monoisotopic (exact) mass is 324 g/mol. The van der Waals surface area contributed by atoms with Crippen LogP contribution in [0.5, 0.6) is 5.75 Å². The Morgan fingerprint density at radius 3 is 2.82 bits per heavy atom. The average Bonchev–Trinajstić information content (AvgIpc) is 3.16. The molecule has 0 saturated carbocycles. The van der Waals surface area contributed by atoms with Crippen molar-refractivity contribution in [2.24, 2.45) is 0 Å². The third-order valence-electron chi connectivity index (χ3n) is 4.11. The van der Waals surface area contributed by atoms with Crippen molar-refractivity contribution in [2.45, 2.75) is 25.8 Å². The zero-order chi connectivity index (χ0) is 15.5. The zero-order valence-electron chi connectivity index (χ0n) is 12.6. The molecule has 1 aromatic rings. The first kappa shape index (κ1) is 15.1. The number of hydrogen-bond acceptors (Lipinski definition) is 5. The van der Waals surface area contributed by atoms with Gasteiger partial charge in [-0.15, -0.1) is 11.3 Å². The van der Waals surface area contributed by atoms with E-state index in [-0.39, 0.29) is 18.0 Å². The number of rotatable bonds is 4. The van der Waals surface area contributed by atoms with Gasteiger partial charge in [0.25, 0.3) is 5.91 Å². The zero-order valence-corrected chi connectivity index (χ0v) is 13.4. The Morgan fingerprint density at radius 1 is 1.41 bits per heavy atom. The molecular formula is C15H20N2O4S. The number of amides is 2. The van der Waals surface area contributed by atoms with Crippen LogP contribution in [0.1, 0.15) is 29.4 Å². The maximum atomic E-state index is 12.6. The Hall–Kier alpha value is -1.76. The van der Waals surface area contributed by atoms with Gasteiger partial charge >= 0.3 is 6.09 Å². The summed E-state index contributed by atoms with van der Waals surface area (Å²) in [4.78, 5) is 28.5. The maximum Gasteiger partial charge on any atom is 0.410 e. The summed E-state index contributed by atoms with van der Waals surface area (Å²) in [6.45, 7) is 4.93. The molecule has 22 heavy (non-hydrogen) atoms. The second-order valence-electron chi connectivity index (χ2n) is 5.38. The van der Waals surface area contributed by atoms with E-state index in [1.54, 1.807) is 4.90 Å². The number of nitrogens with zero attached hydrogens (tertiary/aromatic N) is 2. The molecule has 2 amide bonds. The summed E-state index contributed by atoms with van der Waals surface area (Å²) in [5, 5.41) is 1.88. The maximum absolute atomic E-state index is 12.6. The average molecular weight is 324 g/mol. The van der Waals surface area contributed by atoms with Crippen molar-refractivity contribution < 1.29 is 19.1 Å². The summed E-state index contributed by atoms with van der Waals surface area (Å²) >= 11 is 1.42. The van der Waals surface area contributed by atoms with E-state index in [1.165, 1.54) is 11.3 Å². The molecule has 0 spiro atoms. The number of hydrogen-bond donors (Lipinski definition) is 0. The van der Waals surface area contributed by atoms with Gasteiger partial charge in [0.15, 0.2) is 0 Å². The van der Waals surface area contributed by atoms with Gasteiger partial charge in [-0.3, -0.25) is 4.79 Å². The Bertz CT molecular complexity index is 551. The minimum absolute atomic E-state index is 0.0286.